The summed E-state index contributed by atoms with van der Waals surface area (Å²) in [6.45, 7) is 0.512. The first kappa shape index (κ1) is 25.3. The summed E-state index contributed by atoms with van der Waals surface area (Å²) in [5, 5.41) is 12.2. The maximum atomic E-state index is 14.0. The second-order valence-corrected chi connectivity index (χ2v) is 10.5. The van der Waals surface area contributed by atoms with E-state index in [9.17, 15) is 14.7 Å². The van der Waals surface area contributed by atoms with Gasteiger partial charge in [-0.05, 0) is 41.5 Å². The Hall–Kier alpha value is -3.36. The summed E-state index contributed by atoms with van der Waals surface area (Å²) in [5.41, 5.74) is 2.35. The highest BCUT2D eigenvalue weighted by molar-refractivity contribution is 7.09. The van der Waals surface area contributed by atoms with E-state index in [1.807, 2.05) is 60.0 Å². The third-order valence-corrected chi connectivity index (χ3v) is 7.97. The van der Waals surface area contributed by atoms with E-state index in [2.05, 4.69) is 0 Å². The molecule has 7 nitrogen and oxygen atoms in total. The number of carboxylic acid groups (broad SMARTS) is 1. The zero-order valence-electron chi connectivity index (χ0n) is 20.8. The summed E-state index contributed by atoms with van der Waals surface area (Å²) < 4.78 is 18.1. The molecule has 2 aromatic carbocycles. The zero-order chi connectivity index (χ0) is 25.8. The largest absolute Gasteiger partial charge is 0.493 e. The molecule has 1 N–H and O–H groups in total. The quantitative estimate of drug-likeness (QED) is 0.407. The van der Waals surface area contributed by atoms with E-state index in [1.165, 1.54) is 4.90 Å². The van der Waals surface area contributed by atoms with Gasteiger partial charge in [-0.3, -0.25) is 4.79 Å². The number of carbonyl (C=O) groups excluding carboxylic acids is 1. The normalized spacial score (nSPS) is 18.3. The van der Waals surface area contributed by atoms with Gasteiger partial charge in [-0.1, -0.05) is 55.3 Å². The van der Waals surface area contributed by atoms with Gasteiger partial charge in [0.2, 0.25) is 0 Å². The molecule has 0 spiro atoms. The number of thiophene rings is 1. The highest BCUT2D eigenvalue weighted by Gasteiger charge is 2.41. The first-order valence-electron chi connectivity index (χ1n) is 12.6. The van der Waals surface area contributed by atoms with Gasteiger partial charge in [0.1, 0.15) is 12.6 Å². The van der Waals surface area contributed by atoms with Gasteiger partial charge in [0.05, 0.1) is 13.2 Å². The van der Waals surface area contributed by atoms with Gasteiger partial charge in [0, 0.05) is 23.4 Å². The van der Waals surface area contributed by atoms with Gasteiger partial charge in [-0.25, -0.2) is 4.79 Å². The number of benzene rings is 2. The number of fused-ring (bicyclic) bond motifs is 1. The van der Waals surface area contributed by atoms with Crippen molar-refractivity contribution in [3.63, 3.8) is 0 Å². The molecule has 1 aliphatic carbocycles. The molecule has 1 aliphatic heterocycles. The molecular formula is C29H31NO6S. The average Bonchev–Trinajstić information content (AvgIpc) is 3.64. The molecule has 2 heterocycles. The minimum atomic E-state index is -1.06. The van der Waals surface area contributed by atoms with Crippen LogP contribution in [0.2, 0.25) is 0 Å². The van der Waals surface area contributed by atoms with Crippen molar-refractivity contribution in [2.24, 2.45) is 0 Å². The second-order valence-electron chi connectivity index (χ2n) is 9.46. The number of aliphatic carboxylic acids is 1. The number of hydrogen-bond acceptors (Lipinski definition) is 6. The maximum Gasteiger partial charge on any atom is 0.326 e. The third-order valence-electron chi connectivity index (χ3n) is 7.12. The van der Waals surface area contributed by atoms with Gasteiger partial charge < -0.3 is 24.2 Å². The van der Waals surface area contributed by atoms with Crippen molar-refractivity contribution < 1.29 is 28.9 Å². The SMILES string of the molecule is COc1ccc2c(c1OCc1cccs1)C[C@H](C(=O)O)N(C(=O)[C@@H](OC1CCCC1)c1ccccc1)C2. The fourth-order valence-electron chi connectivity index (χ4n) is 5.20. The minimum absolute atomic E-state index is 0.00368. The summed E-state index contributed by atoms with van der Waals surface area (Å²) in [4.78, 5) is 29.0. The zero-order valence-corrected chi connectivity index (χ0v) is 21.6. The van der Waals surface area contributed by atoms with E-state index >= 15 is 0 Å². The van der Waals surface area contributed by atoms with Crippen LogP contribution in [-0.4, -0.2) is 41.1 Å². The lowest BCUT2D eigenvalue weighted by atomic mass is 9.91. The predicted molar refractivity (Wildman–Crippen MR) is 140 cm³/mol. The summed E-state index contributed by atoms with van der Waals surface area (Å²) >= 11 is 1.59. The van der Waals surface area contributed by atoms with Crippen LogP contribution in [0.15, 0.2) is 60.0 Å². The number of methoxy groups -OCH3 is 1. The number of hydrogen-bond donors (Lipinski definition) is 1. The van der Waals surface area contributed by atoms with Gasteiger partial charge in [0.25, 0.3) is 5.91 Å². The van der Waals surface area contributed by atoms with Crippen LogP contribution in [0.4, 0.5) is 0 Å². The third kappa shape index (κ3) is 5.50. The summed E-state index contributed by atoms with van der Waals surface area (Å²) in [7, 11) is 1.57. The van der Waals surface area contributed by atoms with Crippen molar-refractivity contribution in [2.75, 3.05) is 7.11 Å². The predicted octanol–water partition coefficient (Wildman–Crippen LogP) is 5.37. The molecule has 0 unspecified atom stereocenters. The van der Waals surface area contributed by atoms with Crippen LogP contribution in [0.3, 0.4) is 0 Å². The number of amides is 1. The van der Waals surface area contributed by atoms with Gasteiger partial charge in [-0.2, -0.15) is 0 Å². The summed E-state index contributed by atoms with van der Waals surface area (Å²) in [6.07, 6.45) is 3.24. The highest BCUT2D eigenvalue weighted by atomic mass is 32.1. The Morgan fingerprint density at radius 3 is 2.54 bits per heavy atom. The Bertz CT molecular complexity index is 1220. The molecule has 3 aromatic rings. The van der Waals surface area contributed by atoms with Crippen LogP contribution in [0.1, 0.15) is 53.4 Å². The molecule has 0 bridgehead atoms. The van der Waals surface area contributed by atoms with Crippen molar-refractivity contribution in [1.29, 1.82) is 0 Å². The molecule has 194 valence electrons. The van der Waals surface area contributed by atoms with Gasteiger partial charge >= 0.3 is 5.97 Å². The van der Waals surface area contributed by atoms with Crippen molar-refractivity contribution >= 4 is 23.2 Å². The monoisotopic (exact) mass is 521 g/mol. The van der Waals surface area contributed by atoms with E-state index in [4.69, 9.17) is 14.2 Å². The van der Waals surface area contributed by atoms with E-state index in [0.29, 0.717) is 18.1 Å². The standard InChI is InChI=1S/C29H31NO6S/c1-34-25-14-13-20-17-30(24(29(32)33)16-23(20)27(25)35-18-22-12-7-15-37-22)28(31)26(19-8-3-2-4-9-19)36-21-10-5-6-11-21/h2-4,7-9,12-15,21,24,26H,5-6,10-11,16-18H2,1H3,(H,32,33)/t24-,26+/m1/s1. The van der Waals surface area contributed by atoms with Crippen LogP contribution in [-0.2, 0) is 33.9 Å². The Labute approximate surface area is 220 Å². The Balaban J connectivity index is 1.46. The van der Waals surface area contributed by atoms with Crippen LogP contribution in [0, 0.1) is 0 Å². The fraction of sp³-hybridized carbons (Fsp3) is 0.379. The number of nitrogens with zero attached hydrogens (tertiary/aromatic N) is 1. The first-order chi connectivity index (χ1) is 18.0. The number of carboxylic acids is 1. The van der Waals surface area contributed by atoms with Crippen molar-refractivity contribution in [3.05, 3.63) is 81.5 Å². The minimum Gasteiger partial charge on any atom is -0.493 e. The lowest BCUT2D eigenvalue weighted by Gasteiger charge is -2.37. The van der Waals surface area contributed by atoms with Crippen molar-refractivity contribution in [2.45, 2.75) is 63.5 Å². The molecule has 2 aliphatic rings. The van der Waals surface area contributed by atoms with Crippen molar-refractivity contribution in [1.82, 2.24) is 4.90 Å². The van der Waals surface area contributed by atoms with Crippen molar-refractivity contribution in [3.8, 4) is 11.5 Å². The maximum absolute atomic E-state index is 14.0. The van der Waals surface area contributed by atoms with Gasteiger partial charge in [-0.15, -0.1) is 11.3 Å². The lowest BCUT2D eigenvalue weighted by molar-refractivity contribution is -0.160. The Morgan fingerprint density at radius 1 is 1.08 bits per heavy atom. The molecular weight excluding hydrogens is 490 g/mol. The van der Waals surface area contributed by atoms with Gasteiger partial charge in [0.15, 0.2) is 17.6 Å². The van der Waals surface area contributed by atoms with E-state index in [1.54, 1.807) is 18.4 Å². The van der Waals surface area contributed by atoms with Crippen LogP contribution >= 0.6 is 11.3 Å². The number of carbonyl (C=O) groups is 2. The Morgan fingerprint density at radius 2 is 1.86 bits per heavy atom. The molecule has 8 heteroatoms. The molecule has 0 saturated heterocycles. The number of rotatable bonds is 9. The second kappa shape index (κ2) is 11.4. The van der Waals surface area contributed by atoms with Crippen LogP contribution in [0.5, 0.6) is 11.5 Å². The molecule has 5 rings (SSSR count). The summed E-state index contributed by atoms with van der Waals surface area (Å²) in [5.74, 6) is -0.300. The van der Waals surface area contributed by atoms with E-state index < -0.39 is 18.1 Å². The topological polar surface area (TPSA) is 85.3 Å². The van der Waals surface area contributed by atoms with E-state index in [-0.39, 0.29) is 25.0 Å². The lowest BCUT2D eigenvalue weighted by Crippen LogP contribution is -2.50. The molecule has 1 aromatic heterocycles. The smallest absolute Gasteiger partial charge is 0.326 e. The molecule has 1 amide bonds. The molecule has 1 fully saturated rings. The van der Waals surface area contributed by atoms with Crippen LogP contribution < -0.4 is 9.47 Å². The number of ether oxygens (including phenoxy) is 3. The Kier molecular flexibility index (Phi) is 7.76. The van der Waals surface area contributed by atoms with E-state index in [0.717, 1.165) is 47.3 Å². The first-order valence-corrected chi connectivity index (χ1v) is 13.5. The summed E-state index contributed by atoms with van der Waals surface area (Å²) in [6, 6.07) is 16.0. The molecule has 37 heavy (non-hydrogen) atoms. The molecule has 2 atom stereocenters. The average molecular weight is 522 g/mol. The highest BCUT2D eigenvalue weighted by Crippen LogP contribution is 2.40. The molecule has 0 radical (unpaired) electrons. The van der Waals surface area contributed by atoms with Crippen LogP contribution in [0.25, 0.3) is 0 Å². The molecule has 1 saturated carbocycles. The fourth-order valence-corrected chi connectivity index (χ4v) is 5.82.